The number of hydrogen-bond donors (Lipinski definition) is 2. The zero-order valence-corrected chi connectivity index (χ0v) is 9.67. The fourth-order valence-electron chi connectivity index (χ4n) is 1.71. The predicted molar refractivity (Wildman–Crippen MR) is 73.8 cm³/mol. The summed E-state index contributed by atoms with van der Waals surface area (Å²) >= 11 is 0. The summed E-state index contributed by atoms with van der Waals surface area (Å²) in [6.07, 6.45) is 1.67. The van der Waals surface area contributed by atoms with Crippen LogP contribution in [-0.2, 0) is 0 Å². The third kappa shape index (κ3) is 2.22. The molecule has 0 amide bonds. The predicted octanol–water partition coefficient (Wildman–Crippen LogP) is 3.01. The maximum absolute atomic E-state index is 4.40. The first kappa shape index (κ1) is 10.5. The Morgan fingerprint density at radius 1 is 1.00 bits per heavy atom. The van der Waals surface area contributed by atoms with Crippen LogP contribution in [0.4, 0.5) is 5.69 Å². The largest absolute Gasteiger partial charge is 0.337 e. The van der Waals surface area contributed by atoms with E-state index in [1.165, 1.54) is 0 Å². The lowest BCUT2D eigenvalue weighted by Crippen LogP contribution is -1.91. The Morgan fingerprint density at radius 2 is 1.78 bits per heavy atom. The van der Waals surface area contributed by atoms with Crippen molar-refractivity contribution in [3.05, 3.63) is 60.4 Å². The van der Waals surface area contributed by atoms with Gasteiger partial charge in [-0.25, -0.2) is 4.98 Å². The second-order valence-corrected chi connectivity index (χ2v) is 3.88. The lowest BCUT2D eigenvalue weighted by atomic mass is 10.3. The molecule has 0 atom stereocenters. The van der Waals surface area contributed by atoms with Gasteiger partial charge in [0.25, 0.3) is 0 Å². The minimum absolute atomic E-state index is 0.736. The Bertz CT molecular complexity index is 637. The Balaban J connectivity index is 1.76. The lowest BCUT2D eigenvalue weighted by Gasteiger charge is -1.96. The van der Waals surface area contributed by atoms with Gasteiger partial charge in [-0.15, -0.1) is 0 Å². The van der Waals surface area contributed by atoms with Gasteiger partial charge in [0, 0.05) is 0 Å². The van der Waals surface area contributed by atoms with Crippen molar-refractivity contribution in [3.8, 4) is 0 Å². The van der Waals surface area contributed by atoms with Crippen molar-refractivity contribution in [2.75, 3.05) is 5.43 Å². The SMILES string of the molecule is C(=N\Nc1ccccc1)/c1nc2ccccc2[nH]1. The Hall–Kier alpha value is -2.62. The summed E-state index contributed by atoms with van der Waals surface area (Å²) in [7, 11) is 0. The molecule has 0 radical (unpaired) electrons. The molecule has 0 fully saturated rings. The van der Waals surface area contributed by atoms with Gasteiger partial charge in [0.1, 0.15) is 0 Å². The Labute approximate surface area is 104 Å². The van der Waals surface area contributed by atoms with E-state index < -0.39 is 0 Å². The summed E-state index contributed by atoms with van der Waals surface area (Å²) in [5, 5.41) is 4.14. The van der Waals surface area contributed by atoms with Gasteiger partial charge in [-0.1, -0.05) is 30.3 Å². The van der Waals surface area contributed by atoms with Crippen LogP contribution in [0.5, 0.6) is 0 Å². The summed E-state index contributed by atoms with van der Waals surface area (Å²) in [6.45, 7) is 0. The van der Waals surface area contributed by atoms with Gasteiger partial charge in [-0.2, -0.15) is 5.10 Å². The number of H-pyrrole nitrogens is 1. The number of fused-ring (bicyclic) bond motifs is 1. The quantitative estimate of drug-likeness (QED) is 0.542. The molecule has 3 rings (SSSR count). The van der Waals surface area contributed by atoms with Gasteiger partial charge in [-0.05, 0) is 24.3 Å². The van der Waals surface area contributed by atoms with Gasteiger partial charge in [0.15, 0.2) is 5.82 Å². The maximum atomic E-state index is 4.40. The van der Waals surface area contributed by atoms with Crippen molar-refractivity contribution in [3.63, 3.8) is 0 Å². The molecule has 4 nitrogen and oxygen atoms in total. The zero-order valence-electron chi connectivity index (χ0n) is 9.67. The van der Waals surface area contributed by atoms with Crippen LogP contribution in [0.1, 0.15) is 5.82 Å². The molecule has 1 aromatic heterocycles. The number of hydrazone groups is 1. The molecule has 88 valence electrons. The number of nitrogens with zero attached hydrogens (tertiary/aromatic N) is 2. The first-order valence-corrected chi connectivity index (χ1v) is 5.71. The van der Waals surface area contributed by atoms with Gasteiger partial charge in [-0.3, -0.25) is 5.43 Å². The average molecular weight is 236 g/mol. The second-order valence-electron chi connectivity index (χ2n) is 3.88. The van der Waals surface area contributed by atoms with Crippen molar-refractivity contribution in [1.82, 2.24) is 9.97 Å². The van der Waals surface area contributed by atoms with E-state index in [0.29, 0.717) is 0 Å². The number of hydrogen-bond acceptors (Lipinski definition) is 3. The lowest BCUT2D eigenvalue weighted by molar-refractivity contribution is 1.27. The molecule has 0 aliphatic carbocycles. The molecule has 2 aromatic carbocycles. The Kier molecular flexibility index (Phi) is 2.75. The minimum atomic E-state index is 0.736. The van der Waals surface area contributed by atoms with Crippen molar-refractivity contribution in [1.29, 1.82) is 0 Å². The normalized spacial score (nSPS) is 11.1. The van der Waals surface area contributed by atoms with Crippen LogP contribution in [0.15, 0.2) is 59.7 Å². The van der Waals surface area contributed by atoms with Crippen LogP contribution in [-0.4, -0.2) is 16.2 Å². The zero-order chi connectivity index (χ0) is 12.2. The number of rotatable bonds is 3. The fourth-order valence-corrected chi connectivity index (χ4v) is 1.71. The summed E-state index contributed by atoms with van der Waals surface area (Å²) in [5.41, 5.74) is 5.85. The van der Waals surface area contributed by atoms with Crippen molar-refractivity contribution < 1.29 is 0 Å². The maximum Gasteiger partial charge on any atom is 0.151 e. The van der Waals surface area contributed by atoms with E-state index >= 15 is 0 Å². The minimum Gasteiger partial charge on any atom is -0.337 e. The van der Waals surface area contributed by atoms with Crippen LogP contribution < -0.4 is 5.43 Å². The number of benzene rings is 2. The molecular formula is C14H12N4. The van der Waals surface area contributed by atoms with Gasteiger partial charge < -0.3 is 4.98 Å². The van der Waals surface area contributed by atoms with E-state index in [1.807, 2.05) is 54.6 Å². The van der Waals surface area contributed by atoms with E-state index in [0.717, 1.165) is 22.5 Å². The van der Waals surface area contributed by atoms with Gasteiger partial charge in [0.05, 0.1) is 22.9 Å². The number of aromatic amines is 1. The highest BCUT2D eigenvalue weighted by atomic mass is 15.3. The number of anilines is 1. The molecular weight excluding hydrogens is 224 g/mol. The van der Waals surface area contributed by atoms with Gasteiger partial charge in [0.2, 0.25) is 0 Å². The van der Waals surface area contributed by atoms with Crippen LogP contribution in [0, 0.1) is 0 Å². The highest BCUT2D eigenvalue weighted by molar-refractivity contribution is 5.84. The fraction of sp³-hybridized carbons (Fsp3) is 0. The summed E-state index contributed by atoms with van der Waals surface area (Å²) in [4.78, 5) is 7.58. The smallest absolute Gasteiger partial charge is 0.151 e. The highest BCUT2D eigenvalue weighted by Gasteiger charge is 1.98. The third-order valence-electron chi connectivity index (χ3n) is 2.56. The molecule has 0 saturated heterocycles. The van der Waals surface area contributed by atoms with E-state index in [2.05, 4.69) is 20.5 Å². The standard InChI is InChI=1S/C14H12N4/c1-2-6-11(7-3-1)18-15-10-14-16-12-8-4-5-9-13(12)17-14/h1-10,18H,(H,16,17)/b15-10+. The van der Waals surface area contributed by atoms with Crippen LogP contribution in [0.25, 0.3) is 11.0 Å². The average Bonchev–Trinajstić information content (AvgIpc) is 2.82. The topological polar surface area (TPSA) is 53.1 Å². The van der Waals surface area contributed by atoms with Crippen molar-refractivity contribution in [2.24, 2.45) is 5.10 Å². The van der Waals surface area contributed by atoms with Crippen molar-refractivity contribution in [2.45, 2.75) is 0 Å². The molecule has 18 heavy (non-hydrogen) atoms. The van der Waals surface area contributed by atoms with E-state index in [9.17, 15) is 0 Å². The highest BCUT2D eigenvalue weighted by Crippen LogP contribution is 2.09. The molecule has 1 heterocycles. The number of aromatic nitrogens is 2. The first-order valence-electron chi connectivity index (χ1n) is 5.71. The monoisotopic (exact) mass is 236 g/mol. The second kappa shape index (κ2) is 4.71. The summed E-state index contributed by atoms with van der Waals surface area (Å²) in [5.74, 6) is 0.736. The molecule has 3 aromatic rings. The molecule has 0 bridgehead atoms. The third-order valence-corrected chi connectivity index (χ3v) is 2.56. The van der Waals surface area contributed by atoms with Crippen molar-refractivity contribution >= 4 is 22.9 Å². The number of nitrogens with one attached hydrogen (secondary N) is 2. The molecule has 4 heteroatoms. The van der Waals surface area contributed by atoms with E-state index in [-0.39, 0.29) is 0 Å². The molecule has 0 unspecified atom stereocenters. The van der Waals surface area contributed by atoms with E-state index in [1.54, 1.807) is 6.21 Å². The first-order chi connectivity index (χ1) is 8.92. The van der Waals surface area contributed by atoms with Crippen LogP contribution in [0.3, 0.4) is 0 Å². The molecule has 0 saturated carbocycles. The summed E-state index contributed by atoms with van der Waals surface area (Å²) < 4.78 is 0. The summed E-state index contributed by atoms with van der Waals surface area (Å²) in [6, 6.07) is 17.7. The molecule has 0 aliphatic heterocycles. The molecule has 0 spiro atoms. The number of imidazole rings is 1. The molecule has 2 N–H and O–H groups in total. The van der Waals surface area contributed by atoms with Gasteiger partial charge >= 0.3 is 0 Å². The number of para-hydroxylation sites is 3. The Morgan fingerprint density at radius 3 is 2.61 bits per heavy atom. The van der Waals surface area contributed by atoms with Crippen LogP contribution in [0.2, 0.25) is 0 Å². The van der Waals surface area contributed by atoms with Crippen LogP contribution >= 0.6 is 0 Å². The molecule has 0 aliphatic rings. The van der Waals surface area contributed by atoms with E-state index in [4.69, 9.17) is 0 Å².